The van der Waals surface area contributed by atoms with E-state index in [0.29, 0.717) is 12.8 Å². The first-order valence-electron chi connectivity index (χ1n) is 24.7. The number of unbranched alkanes of at least 4 members (excludes halogenated alkanes) is 22. The summed E-state index contributed by atoms with van der Waals surface area (Å²) in [6.07, 6.45) is 51.3. The lowest BCUT2D eigenvalue weighted by molar-refractivity contribution is -0.889. The number of nitrogens with zero attached hydrogens (tertiary/aromatic N) is 1. The van der Waals surface area contributed by atoms with Gasteiger partial charge in [-0.1, -0.05) is 165 Å². The molecule has 2 unspecified atom stereocenters. The van der Waals surface area contributed by atoms with Crippen LogP contribution in [0.15, 0.2) is 48.6 Å². The third-order valence-electron chi connectivity index (χ3n) is 10.9. The molecule has 0 heterocycles. The quantitative estimate of drug-likeness (QED) is 0.0260. The number of hydrogen-bond donors (Lipinski definition) is 0. The van der Waals surface area contributed by atoms with Gasteiger partial charge in [-0.05, 0) is 77.0 Å². The SMILES string of the molecule is CCCCCC/C=C\C/C=C\CCCCCCCCCC(=O)OCC(COCCC(C(=O)[O-])[N+](C)(C)C)OC(=O)CCCCCCCCC/C=C\C/C=C\CCCCCC. The lowest BCUT2D eigenvalue weighted by Crippen LogP contribution is -2.55. The van der Waals surface area contributed by atoms with E-state index in [-0.39, 0.29) is 42.7 Å². The summed E-state index contributed by atoms with van der Waals surface area (Å²) in [6, 6.07) is -0.729. The van der Waals surface area contributed by atoms with Crippen molar-refractivity contribution < 1.29 is 38.2 Å². The predicted molar refractivity (Wildman–Crippen MR) is 250 cm³/mol. The number of esters is 2. The number of carbonyl (C=O) groups is 3. The summed E-state index contributed by atoms with van der Waals surface area (Å²) in [5, 5.41) is 11.6. The van der Waals surface area contributed by atoms with Gasteiger partial charge in [-0.3, -0.25) is 9.59 Å². The molecule has 0 aromatic rings. The molecule has 0 radical (unpaired) electrons. The molecule has 60 heavy (non-hydrogen) atoms. The van der Waals surface area contributed by atoms with E-state index in [1.807, 2.05) is 0 Å². The van der Waals surface area contributed by atoms with Crippen molar-refractivity contribution in [3.63, 3.8) is 0 Å². The Morgan fingerprint density at radius 1 is 0.500 bits per heavy atom. The highest BCUT2D eigenvalue weighted by Gasteiger charge is 2.25. The van der Waals surface area contributed by atoms with Crippen LogP contribution in [0.2, 0.25) is 0 Å². The summed E-state index contributed by atoms with van der Waals surface area (Å²) < 4.78 is 17.2. The summed E-state index contributed by atoms with van der Waals surface area (Å²) in [6.45, 7) is 4.63. The predicted octanol–water partition coefficient (Wildman–Crippen LogP) is 12.6. The highest BCUT2D eigenvalue weighted by Crippen LogP contribution is 2.14. The lowest BCUT2D eigenvalue weighted by Gasteiger charge is -2.34. The van der Waals surface area contributed by atoms with E-state index >= 15 is 0 Å². The lowest BCUT2D eigenvalue weighted by atomic mass is 10.1. The zero-order valence-corrected chi connectivity index (χ0v) is 39.6. The maximum Gasteiger partial charge on any atom is 0.306 e. The van der Waals surface area contributed by atoms with E-state index in [4.69, 9.17) is 14.2 Å². The molecule has 8 nitrogen and oxygen atoms in total. The topological polar surface area (TPSA) is 102 Å². The van der Waals surface area contributed by atoms with Gasteiger partial charge in [-0.2, -0.15) is 0 Å². The van der Waals surface area contributed by atoms with E-state index in [0.717, 1.165) is 64.2 Å². The third-order valence-corrected chi connectivity index (χ3v) is 10.9. The molecule has 0 aliphatic carbocycles. The van der Waals surface area contributed by atoms with Crippen molar-refractivity contribution in [1.29, 1.82) is 0 Å². The zero-order chi connectivity index (χ0) is 44.2. The molecule has 0 fully saturated rings. The molecule has 0 aliphatic heterocycles. The fraction of sp³-hybridized carbons (Fsp3) is 0.788. The van der Waals surface area contributed by atoms with Crippen LogP contribution in [-0.4, -0.2) is 75.5 Å². The van der Waals surface area contributed by atoms with Crippen LogP contribution < -0.4 is 5.11 Å². The van der Waals surface area contributed by atoms with Gasteiger partial charge in [0, 0.05) is 19.3 Å². The second kappa shape index (κ2) is 43.0. The van der Waals surface area contributed by atoms with Crippen molar-refractivity contribution in [3.8, 4) is 0 Å². The Morgan fingerprint density at radius 2 is 0.883 bits per heavy atom. The fourth-order valence-corrected chi connectivity index (χ4v) is 7.07. The average Bonchev–Trinajstić information content (AvgIpc) is 3.21. The van der Waals surface area contributed by atoms with Gasteiger partial charge >= 0.3 is 11.9 Å². The first-order valence-corrected chi connectivity index (χ1v) is 24.7. The van der Waals surface area contributed by atoms with E-state index < -0.39 is 18.1 Å². The van der Waals surface area contributed by atoms with Gasteiger partial charge in [-0.15, -0.1) is 0 Å². The summed E-state index contributed by atoms with van der Waals surface area (Å²) in [4.78, 5) is 37.0. The number of rotatable bonds is 44. The Morgan fingerprint density at radius 3 is 1.28 bits per heavy atom. The Kier molecular flexibility index (Phi) is 41.0. The van der Waals surface area contributed by atoms with Gasteiger partial charge in [0.25, 0.3) is 0 Å². The molecule has 0 saturated carbocycles. The van der Waals surface area contributed by atoms with Crippen molar-refractivity contribution in [2.45, 2.75) is 225 Å². The zero-order valence-electron chi connectivity index (χ0n) is 39.6. The second-order valence-electron chi connectivity index (χ2n) is 17.7. The van der Waals surface area contributed by atoms with Crippen LogP contribution in [0, 0.1) is 0 Å². The minimum absolute atomic E-state index is 0.0347. The number of quaternary nitrogens is 1. The van der Waals surface area contributed by atoms with Gasteiger partial charge in [0.1, 0.15) is 12.6 Å². The van der Waals surface area contributed by atoms with E-state index in [1.54, 1.807) is 21.1 Å². The summed E-state index contributed by atoms with van der Waals surface area (Å²) >= 11 is 0. The number of hydrogen-bond acceptors (Lipinski definition) is 7. The number of allylic oxidation sites excluding steroid dienone is 8. The van der Waals surface area contributed by atoms with Crippen LogP contribution in [0.1, 0.15) is 213 Å². The van der Waals surface area contributed by atoms with E-state index in [2.05, 4.69) is 62.5 Å². The normalized spacial score (nSPS) is 13.3. The number of ether oxygens (including phenoxy) is 3. The molecule has 0 rings (SSSR count). The average molecular weight is 844 g/mol. The summed E-state index contributed by atoms with van der Waals surface area (Å²) in [5.74, 6) is -1.75. The first kappa shape index (κ1) is 57.3. The summed E-state index contributed by atoms with van der Waals surface area (Å²) in [7, 11) is 5.41. The van der Waals surface area contributed by atoms with Crippen molar-refractivity contribution in [1.82, 2.24) is 0 Å². The highest BCUT2D eigenvalue weighted by atomic mass is 16.6. The Hall–Kier alpha value is -2.71. The number of carboxylic acids is 1. The number of carbonyl (C=O) groups excluding carboxylic acids is 3. The number of carboxylic acid groups (broad SMARTS) is 1. The smallest absolute Gasteiger partial charge is 0.306 e. The minimum atomic E-state index is -1.13. The Balaban J connectivity index is 4.31. The molecular formula is C52H93NO7. The molecule has 0 aromatic heterocycles. The third kappa shape index (κ3) is 40.7. The van der Waals surface area contributed by atoms with Crippen molar-refractivity contribution >= 4 is 17.9 Å². The maximum absolute atomic E-state index is 12.8. The summed E-state index contributed by atoms with van der Waals surface area (Å²) in [5.41, 5.74) is 0. The molecule has 0 spiro atoms. The second-order valence-corrected chi connectivity index (χ2v) is 17.7. The molecule has 0 N–H and O–H groups in total. The number of likely N-dealkylation sites (N-methyl/N-ethyl adjacent to an activating group) is 1. The van der Waals surface area contributed by atoms with Crippen molar-refractivity contribution in [3.05, 3.63) is 48.6 Å². The Bertz CT molecular complexity index is 1120. The van der Waals surface area contributed by atoms with Gasteiger partial charge in [-0.25, -0.2) is 0 Å². The molecule has 2 atom stereocenters. The molecular weight excluding hydrogens is 751 g/mol. The Labute approximate surface area is 369 Å². The van der Waals surface area contributed by atoms with E-state index in [9.17, 15) is 19.5 Å². The molecule has 0 bridgehead atoms. The van der Waals surface area contributed by atoms with Crippen LogP contribution in [0.25, 0.3) is 0 Å². The standard InChI is InChI=1S/C52H93NO7/c1-6-8-10-12-14-16-18-20-22-24-26-28-30-32-34-36-38-40-42-50(54)59-47-48(46-58-45-44-49(52(56)57)53(3,4)5)60-51(55)43-41-39-37-35-33-31-29-27-25-23-21-19-17-15-13-11-9-7-2/h16-19,22-25,48-49H,6-15,20-21,26-47H2,1-5H3/b18-16-,19-17-,24-22-,25-23-. The molecule has 0 amide bonds. The van der Waals surface area contributed by atoms with Crippen LogP contribution in [0.5, 0.6) is 0 Å². The van der Waals surface area contributed by atoms with Crippen molar-refractivity contribution in [2.24, 2.45) is 0 Å². The highest BCUT2D eigenvalue weighted by molar-refractivity contribution is 5.70. The van der Waals surface area contributed by atoms with E-state index in [1.165, 1.54) is 116 Å². The van der Waals surface area contributed by atoms with Crippen LogP contribution in [0.4, 0.5) is 0 Å². The van der Waals surface area contributed by atoms with Crippen LogP contribution in [0.3, 0.4) is 0 Å². The van der Waals surface area contributed by atoms with Crippen LogP contribution >= 0.6 is 0 Å². The molecule has 0 aliphatic rings. The fourth-order valence-electron chi connectivity index (χ4n) is 7.07. The molecule has 348 valence electrons. The largest absolute Gasteiger partial charge is 0.544 e. The monoisotopic (exact) mass is 844 g/mol. The van der Waals surface area contributed by atoms with Gasteiger partial charge < -0.3 is 28.6 Å². The van der Waals surface area contributed by atoms with Crippen LogP contribution in [-0.2, 0) is 28.6 Å². The molecule has 0 aromatic carbocycles. The van der Waals surface area contributed by atoms with Gasteiger partial charge in [0.2, 0.25) is 0 Å². The number of aliphatic carboxylic acids is 1. The molecule has 8 heteroatoms. The maximum atomic E-state index is 12.8. The minimum Gasteiger partial charge on any atom is -0.544 e. The van der Waals surface area contributed by atoms with Crippen molar-refractivity contribution in [2.75, 3.05) is 41.0 Å². The van der Waals surface area contributed by atoms with Gasteiger partial charge in [0.05, 0.1) is 40.3 Å². The van der Waals surface area contributed by atoms with Gasteiger partial charge in [0.15, 0.2) is 6.10 Å². The first-order chi connectivity index (χ1) is 29.1. The molecule has 0 saturated heterocycles.